The Balaban J connectivity index is 0.00000202. The van der Waals surface area contributed by atoms with Crippen molar-refractivity contribution in [2.45, 2.75) is 107 Å². The molecule has 0 nitrogen and oxygen atoms in total. The molecule has 222 valence electrons. The SMILES string of the molecule is CC1=CC(C)(C)c2cc3c(cc21)-c1cc2c(cc1C3)C(C)(C)[C]([Zr+2]([C]1=C(C)C(C(C)(C)C)=CC1C)=[C](C)C)=C2C.[Cl-].[Cl-]. The minimum Gasteiger partial charge on any atom is -1.00 e. The van der Waals surface area contributed by atoms with E-state index in [4.69, 9.17) is 0 Å². The average Bonchev–Trinajstić information content (AvgIpc) is 3.47. The van der Waals surface area contributed by atoms with E-state index in [0.717, 1.165) is 6.42 Å². The van der Waals surface area contributed by atoms with Crippen LogP contribution in [0.15, 0.2) is 54.1 Å². The van der Waals surface area contributed by atoms with E-state index in [1.54, 1.807) is 25.5 Å². The fourth-order valence-electron chi connectivity index (χ4n) is 8.74. The first-order chi connectivity index (χ1) is 18.4. The summed E-state index contributed by atoms with van der Waals surface area (Å²) in [6.45, 7) is 31.5. The van der Waals surface area contributed by atoms with Crippen molar-refractivity contribution in [3.63, 3.8) is 0 Å². The molecule has 0 aliphatic heterocycles. The first-order valence-electron chi connectivity index (χ1n) is 15.3. The summed E-state index contributed by atoms with van der Waals surface area (Å²) in [6.07, 6.45) is 6.12. The van der Waals surface area contributed by atoms with Crippen molar-refractivity contribution in [2.24, 2.45) is 11.3 Å². The number of benzene rings is 2. The molecule has 0 saturated carbocycles. The van der Waals surface area contributed by atoms with Crippen LogP contribution in [-0.4, -0.2) is 3.21 Å². The minimum atomic E-state index is -2.30. The maximum Gasteiger partial charge on any atom is -1.00 e. The standard InChI is InChI=1S/C25H25.C11H17.C3H6.2ClH.Zr/c1-14-12-24(3,4)22-8-16-7-17-9-23-19(15(2)13-25(23,5)6)11-21(17)20(16)10-18(14)22;1-8-6-9(2)10(7-8)11(3,4)5;1-3-2;;;/h8-12H,7H2,1-6H3;7-8H,1-5H3;1-2H3;2*1H;/q;;;;;+2/p-2. The van der Waals surface area contributed by atoms with E-state index in [1.807, 2.05) is 6.56 Å². The van der Waals surface area contributed by atoms with Gasteiger partial charge in [-0.15, -0.1) is 0 Å². The van der Waals surface area contributed by atoms with Gasteiger partial charge in [-0.2, -0.15) is 0 Å². The van der Waals surface area contributed by atoms with Gasteiger partial charge in [-0.05, 0) is 0 Å². The molecule has 6 rings (SSSR count). The first-order valence-corrected chi connectivity index (χ1v) is 19.0. The number of hydrogen-bond donors (Lipinski definition) is 0. The van der Waals surface area contributed by atoms with Gasteiger partial charge in [0, 0.05) is 0 Å². The second-order valence-corrected chi connectivity index (χ2v) is 22.3. The number of fused-ring (bicyclic) bond motifs is 5. The van der Waals surface area contributed by atoms with E-state index >= 15 is 0 Å². The van der Waals surface area contributed by atoms with Gasteiger partial charge in [0.05, 0.1) is 0 Å². The molecule has 0 saturated heterocycles. The van der Waals surface area contributed by atoms with Gasteiger partial charge in [0.15, 0.2) is 0 Å². The summed E-state index contributed by atoms with van der Waals surface area (Å²) in [7, 11) is 0. The zero-order valence-electron chi connectivity index (χ0n) is 28.0. The van der Waals surface area contributed by atoms with Crippen molar-refractivity contribution >= 4 is 14.4 Å². The Hall–Kier alpha value is -1.27. The molecule has 0 radical (unpaired) electrons. The van der Waals surface area contributed by atoms with Crippen LogP contribution in [0.4, 0.5) is 0 Å². The summed E-state index contributed by atoms with van der Waals surface area (Å²) in [4.78, 5) is 0. The molecule has 0 bridgehead atoms. The number of halogens is 2. The van der Waals surface area contributed by atoms with Crippen molar-refractivity contribution in [1.29, 1.82) is 0 Å². The monoisotopic (exact) mass is 676 g/mol. The molecule has 1 atom stereocenters. The Bertz CT molecular complexity index is 1690. The zero-order chi connectivity index (χ0) is 29.3. The summed E-state index contributed by atoms with van der Waals surface area (Å²) in [5.74, 6) is 0.554. The molecule has 0 aromatic heterocycles. The van der Waals surface area contributed by atoms with Crippen LogP contribution >= 0.6 is 0 Å². The fourth-order valence-corrected chi connectivity index (χ4v) is 17.6. The van der Waals surface area contributed by atoms with Crippen molar-refractivity contribution < 1.29 is 46.1 Å². The molecular formula is C39H48Cl2Zr. The first kappa shape index (κ1) is 33.6. The second-order valence-electron chi connectivity index (χ2n) is 15.5. The maximum absolute atomic E-state index is 2.62. The predicted octanol–water partition coefficient (Wildman–Crippen LogP) is 4.71. The summed E-state index contributed by atoms with van der Waals surface area (Å²) in [6, 6.07) is 10.3. The molecule has 1 unspecified atom stereocenters. The van der Waals surface area contributed by atoms with Crippen LogP contribution in [0.25, 0.3) is 22.3 Å². The normalized spacial score (nSPS) is 20.5. The molecule has 0 N–H and O–H groups in total. The molecule has 0 fully saturated rings. The van der Waals surface area contributed by atoms with Crippen LogP contribution in [0.1, 0.15) is 123 Å². The molecule has 3 heteroatoms. The maximum atomic E-state index is 2.62. The second kappa shape index (κ2) is 10.7. The van der Waals surface area contributed by atoms with Gasteiger partial charge in [0.2, 0.25) is 0 Å². The molecule has 0 spiro atoms. The van der Waals surface area contributed by atoms with E-state index < -0.39 is 21.3 Å². The Morgan fingerprint density at radius 3 is 1.86 bits per heavy atom. The molecule has 2 aromatic carbocycles. The molecular weight excluding hydrogens is 631 g/mol. The van der Waals surface area contributed by atoms with E-state index in [2.05, 4.69) is 126 Å². The van der Waals surface area contributed by atoms with Crippen LogP contribution in [0.5, 0.6) is 0 Å². The third-order valence-corrected chi connectivity index (χ3v) is 19.9. The molecule has 0 heterocycles. The average molecular weight is 679 g/mol. The molecule has 4 aliphatic carbocycles. The van der Waals surface area contributed by atoms with Crippen LogP contribution < -0.4 is 24.8 Å². The summed E-state index contributed by atoms with van der Waals surface area (Å²) < 4.78 is 5.34. The van der Waals surface area contributed by atoms with Gasteiger partial charge in [0.1, 0.15) is 0 Å². The zero-order valence-corrected chi connectivity index (χ0v) is 32.0. The van der Waals surface area contributed by atoms with Crippen molar-refractivity contribution in [3.8, 4) is 11.1 Å². The Morgan fingerprint density at radius 2 is 1.33 bits per heavy atom. The summed E-state index contributed by atoms with van der Waals surface area (Å²) in [5, 5.41) is 0. The van der Waals surface area contributed by atoms with Crippen molar-refractivity contribution in [3.05, 3.63) is 87.5 Å². The Kier molecular flexibility index (Phi) is 8.54. The molecule has 2 aromatic rings. The molecule has 0 amide bonds. The van der Waals surface area contributed by atoms with Crippen LogP contribution in [0, 0.1) is 11.3 Å². The van der Waals surface area contributed by atoms with Crippen LogP contribution in [0.2, 0.25) is 0 Å². The van der Waals surface area contributed by atoms with Gasteiger partial charge in [0.25, 0.3) is 0 Å². The van der Waals surface area contributed by atoms with Gasteiger partial charge < -0.3 is 24.8 Å². The fraction of sp³-hybridized carbons (Fsp3) is 0.462. The number of allylic oxidation sites excluding steroid dienone is 8. The van der Waals surface area contributed by atoms with Crippen LogP contribution in [0.3, 0.4) is 0 Å². The number of hydrogen-bond acceptors (Lipinski definition) is 0. The predicted molar refractivity (Wildman–Crippen MR) is 173 cm³/mol. The number of rotatable bonds is 2. The van der Waals surface area contributed by atoms with Gasteiger partial charge in [-0.25, -0.2) is 0 Å². The third kappa shape index (κ3) is 4.75. The van der Waals surface area contributed by atoms with E-state index in [9.17, 15) is 0 Å². The third-order valence-electron chi connectivity index (χ3n) is 10.4. The van der Waals surface area contributed by atoms with E-state index in [0.29, 0.717) is 5.92 Å². The molecule has 42 heavy (non-hydrogen) atoms. The van der Waals surface area contributed by atoms with Crippen molar-refractivity contribution in [2.75, 3.05) is 0 Å². The summed E-state index contributed by atoms with van der Waals surface area (Å²) in [5.41, 5.74) is 18.7. The quantitative estimate of drug-likeness (QED) is 0.369. The van der Waals surface area contributed by atoms with E-state index in [-0.39, 0.29) is 41.1 Å². The van der Waals surface area contributed by atoms with E-state index in [1.165, 1.54) is 44.5 Å². The van der Waals surface area contributed by atoms with Crippen LogP contribution in [-0.2, 0) is 38.5 Å². The topological polar surface area (TPSA) is 0 Å². The minimum absolute atomic E-state index is 0. The molecule has 4 aliphatic rings. The van der Waals surface area contributed by atoms with Gasteiger partial charge >= 0.3 is 253 Å². The smallest absolute Gasteiger partial charge is 1.00 e. The summed E-state index contributed by atoms with van der Waals surface area (Å²) >= 11 is -2.30. The van der Waals surface area contributed by atoms with Gasteiger partial charge in [-0.3, -0.25) is 0 Å². The largest absolute Gasteiger partial charge is 1.00 e. The van der Waals surface area contributed by atoms with Gasteiger partial charge in [-0.1, -0.05) is 0 Å². The Morgan fingerprint density at radius 1 is 0.786 bits per heavy atom. The van der Waals surface area contributed by atoms with Crippen molar-refractivity contribution in [1.82, 2.24) is 0 Å². The Labute approximate surface area is 275 Å².